The molecule has 27 heavy (non-hydrogen) atoms. The van der Waals surface area contributed by atoms with E-state index in [1.54, 1.807) is 12.4 Å². The van der Waals surface area contributed by atoms with Gasteiger partial charge in [-0.1, -0.05) is 36.4 Å². The molecule has 1 aliphatic heterocycles. The van der Waals surface area contributed by atoms with E-state index < -0.39 is 0 Å². The number of rotatable bonds is 3. The van der Waals surface area contributed by atoms with Crippen LogP contribution in [-0.4, -0.2) is 27.3 Å². The number of hydrogen-bond donors (Lipinski definition) is 1. The maximum absolute atomic E-state index is 12.8. The van der Waals surface area contributed by atoms with Crippen molar-refractivity contribution in [2.75, 3.05) is 11.9 Å². The van der Waals surface area contributed by atoms with E-state index in [0.29, 0.717) is 18.1 Å². The summed E-state index contributed by atoms with van der Waals surface area (Å²) in [5.41, 5.74) is 6.32. The predicted molar refractivity (Wildman–Crippen MR) is 106 cm³/mol. The zero-order chi connectivity index (χ0) is 18.8. The van der Waals surface area contributed by atoms with E-state index >= 15 is 0 Å². The molecule has 0 radical (unpaired) electrons. The lowest BCUT2D eigenvalue weighted by Crippen LogP contribution is -2.36. The Balaban J connectivity index is 1.47. The number of nitrogens with one attached hydrogen (secondary N) is 1. The first-order valence-electron chi connectivity index (χ1n) is 9.12. The average molecular weight is 358 g/mol. The normalized spacial score (nSPS) is 13.2. The molecule has 0 fully saturated rings. The second-order valence-corrected chi connectivity index (χ2v) is 6.98. The molecule has 0 aliphatic carbocycles. The minimum absolute atomic E-state index is 0.0252. The van der Waals surface area contributed by atoms with Crippen molar-refractivity contribution in [3.8, 4) is 0 Å². The molecular formula is C22H22N4O. The van der Waals surface area contributed by atoms with Gasteiger partial charge in [0.1, 0.15) is 0 Å². The van der Waals surface area contributed by atoms with Crippen LogP contribution >= 0.6 is 0 Å². The molecule has 1 aromatic heterocycles. The Kier molecular flexibility index (Phi) is 4.59. The number of benzene rings is 2. The van der Waals surface area contributed by atoms with Crippen LogP contribution in [0, 0.1) is 13.8 Å². The quantitative estimate of drug-likeness (QED) is 0.768. The average Bonchev–Trinajstić information content (AvgIpc) is 2.70. The van der Waals surface area contributed by atoms with Crippen molar-refractivity contribution in [2.24, 2.45) is 0 Å². The summed E-state index contributed by atoms with van der Waals surface area (Å²) in [5.74, 6) is 0.465. The Morgan fingerprint density at radius 3 is 2.56 bits per heavy atom. The Hall–Kier alpha value is -3.21. The lowest BCUT2D eigenvalue weighted by atomic mass is 9.99. The van der Waals surface area contributed by atoms with E-state index in [0.717, 1.165) is 24.2 Å². The third kappa shape index (κ3) is 3.67. The molecule has 5 nitrogen and oxygen atoms in total. The fourth-order valence-corrected chi connectivity index (χ4v) is 3.35. The largest absolute Gasteiger partial charge is 0.334 e. The Morgan fingerprint density at radius 2 is 1.78 bits per heavy atom. The third-order valence-electron chi connectivity index (χ3n) is 4.96. The van der Waals surface area contributed by atoms with E-state index in [1.807, 2.05) is 30.9 Å². The van der Waals surface area contributed by atoms with Gasteiger partial charge >= 0.3 is 0 Å². The standard InChI is InChI=1S/C22H22N4O/c1-15-7-8-16(2)20(11-15)25-22-23-12-19(13-24-22)21(27)26-10-9-17-5-3-4-6-18(17)14-26/h3-8,11-13H,9-10,14H2,1-2H3,(H,23,24,25). The summed E-state index contributed by atoms with van der Waals surface area (Å²) in [4.78, 5) is 23.3. The van der Waals surface area contributed by atoms with Crippen LogP contribution in [0.3, 0.4) is 0 Å². The summed E-state index contributed by atoms with van der Waals surface area (Å²) in [6.07, 6.45) is 4.08. The minimum Gasteiger partial charge on any atom is -0.334 e. The summed E-state index contributed by atoms with van der Waals surface area (Å²) in [7, 11) is 0. The van der Waals surface area contributed by atoms with Gasteiger partial charge in [0.2, 0.25) is 5.95 Å². The molecule has 2 heterocycles. The molecular weight excluding hydrogens is 336 g/mol. The van der Waals surface area contributed by atoms with Crippen LogP contribution < -0.4 is 5.32 Å². The molecule has 0 spiro atoms. The second-order valence-electron chi connectivity index (χ2n) is 6.98. The number of carbonyl (C=O) groups is 1. The van der Waals surface area contributed by atoms with Crippen LogP contribution in [0.25, 0.3) is 0 Å². The van der Waals surface area contributed by atoms with Gasteiger partial charge in [-0.05, 0) is 48.6 Å². The number of aromatic nitrogens is 2. The van der Waals surface area contributed by atoms with Crippen molar-refractivity contribution in [1.29, 1.82) is 0 Å². The Bertz CT molecular complexity index is 982. The van der Waals surface area contributed by atoms with Gasteiger partial charge in [-0.2, -0.15) is 0 Å². The van der Waals surface area contributed by atoms with Gasteiger partial charge in [0, 0.05) is 31.2 Å². The Labute approximate surface area is 159 Å². The van der Waals surface area contributed by atoms with Gasteiger partial charge in [0.05, 0.1) is 5.56 Å². The molecule has 0 bridgehead atoms. The zero-order valence-corrected chi connectivity index (χ0v) is 15.6. The van der Waals surface area contributed by atoms with Crippen LogP contribution in [0.4, 0.5) is 11.6 Å². The van der Waals surface area contributed by atoms with Crippen molar-refractivity contribution in [2.45, 2.75) is 26.8 Å². The summed E-state index contributed by atoms with van der Waals surface area (Å²) < 4.78 is 0. The first kappa shape index (κ1) is 17.2. The van der Waals surface area contributed by atoms with Crippen LogP contribution in [0.2, 0.25) is 0 Å². The highest BCUT2D eigenvalue weighted by atomic mass is 16.2. The highest BCUT2D eigenvalue weighted by Gasteiger charge is 2.22. The molecule has 136 valence electrons. The SMILES string of the molecule is Cc1ccc(C)c(Nc2ncc(C(=O)N3CCc4ccccc4C3)cn2)c1. The molecule has 0 saturated heterocycles. The lowest BCUT2D eigenvalue weighted by molar-refractivity contribution is 0.0734. The van der Waals surface area contributed by atoms with Gasteiger partial charge in [-0.3, -0.25) is 4.79 Å². The van der Waals surface area contributed by atoms with Gasteiger partial charge in [-0.15, -0.1) is 0 Å². The summed E-state index contributed by atoms with van der Waals surface area (Å²) in [6, 6.07) is 14.5. The highest BCUT2D eigenvalue weighted by Crippen LogP contribution is 2.21. The molecule has 0 saturated carbocycles. The summed E-state index contributed by atoms with van der Waals surface area (Å²) in [5, 5.41) is 3.22. The van der Waals surface area contributed by atoms with E-state index in [9.17, 15) is 4.79 Å². The van der Waals surface area contributed by atoms with Gasteiger partial charge in [-0.25, -0.2) is 9.97 Å². The second kappa shape index (κ2) is 7.19. The third-order valence-corrected chi connectivity index (χ3v) is 4.96. The molecule has 1 amide bonds. The molecule has 0 atom stereocenters. The molecule has 5 heteroatoms. The first-order valence-corrected chi connectivity index (χ1v) is 9.12. The van der Waals surface area contributed by atoms with Crippen molar-refractivity contribution in [3.63, 3.8) is 0 Å². The number of nitrogens with zero attached hydrogens (tertiary/aromatic N) is 3. The monoisotopic (exact) mass is 358 g/mol. The molecule has 4 rings (SSSR count). The number of carbonyl (C=O) groups excluding carboxylic acids is 1. The lowest BCUT2D eigenvalue weighted by Gasteiger charge is -2.28. The number of fused-ring (bicyclic) bond motifs is 1. The number of hydrogen-bond acceptors (Lipinski definition) is 4. The van der Waals surface area contributed by atoms with Crippen LogP contribution in [0.5, 0.6) is 0 Å². The number of anilines is 2. The number of amides is 1. The number of aryl methyl sites for hydroxylation is 2. The molecule has 1 N–H and O–H groups in total. The van der Waals surface area contributed by atoms with Crippen LogP contribution in [-0.2, 0) is 13.0 Å². The molecule has 3 aromatic rings. The fraction of sp³-hybridized carbons (Fsp3) is 0.227. The Morgan fingerprint density at radius 1 is 1.04 bits per heavy atom. The van der Waals surface area contributed by atoms with Crippen molar-refractivity contribution in [3.05, 3.63) is 82.7 Å². The highest BCUT2D eigenvalue weighted by molar-refractivity contribution is 5.93. The van der Waals surface area contributed by atoms with Crippen molar-refractivity contribution in [1.82, 2.24) is 14.9 Å². The fourth-order valence-electron chi connectivity index (χ4n) is 3.35. The zero-order valence-electron chi connectivity index (χ0n) is 15.6. The molecule has 1 aliphatic rings. The van der Waals surface area contributed by atoms with Crippen LogP contribution in [0.15, 0.2) is 54.9 Å². The van der Waals surface area contributed by atoms with Crippen molar-refractivity contribution < 1.29 is 4.79 Å². The van der Waals surface area contributed by atoms with Crippen LogP contribution in [0.1, 0.15) is 32.6 Å². The summed E-state index contributed by atoms with van der Waals surface area (Å²) >= 11 is 0. The topological polar surface area (TPSA) is 58.1 Å². The first-order chi connectivity index (χ1) is 13.1. The van der Waals surface area contributed by atoms with Gasteiger partial charge < -0.3 is 10.2 Å². The minimum atomic E-state index is -0.0252. The van der Waals surface area contributed by atoms with Gasteiger partial charge in [0.15, 0.2) is 0 Å². The smallest absolute Gasteiger partial charge is 0.257 e. The maximum Gasteiger partial charge on any atom is 0.257 e. The molecule has 2 aromatic carbocycles. The predicted octanol–water partition coefficient (Wildman–Crippen LogP) is 4.04. The molecule has 0 unspecified atom stereocenters. The van der Waals surface area contributed by atoms with E-state index in [2.05, 4.69) is 45.6 Å². The maximum atomic E-state index is 12.8. The van der Waals surface area contributed by atoms with E-state index in [-0.39, 0.29) is 5.91 Å². The summed E-state index contributed by atoms with van der Waals surface area (Å²) in [6.45, 7) is 5.44. The van der Waals surface area contributed by atoms with E-state index in [1.165, 1.54) is 16.7 Å². The van der Waals surface area contributed by atoms with Gasteiger partial charge in [0.25, 0.3) is 5.91 Å². The van der Waals surface area contributed by atoms with Crippen molar-refractivity contribution >= 4 is 17.5 Å². The van der Waals surface area contributed by atoms with E-state index in [4.69, 9.17) is 0 Å².